The lowest BCUT2D eigenvalue weighted by molar-refractivity contribution is -0.117. The van der Waals surface area contributed by atoms with Crippen LogP contribution in [0.15, 0.2) is 24.3 Å². The first kappa shape index (κ1) is 15.3. The van der Waals surface area contributed by atoms with Crippen molar-refractivity contribution in [2.75, 3.05) is 0 Å². The summed E-state index contributed by atoms with van der Waals surface area (Å²) in [6.07, 6.45) is 4.72. The predicted octanol–water partition coefficient (Wildman–Crippen LogP) is 1.89. The molecule has 0 radical (unpaired) electrons. The Morgan fingerprint density at radius 3 is 2.88 bits per heavy atom. The van der Waals surface area contributed by atoms with Gasteiger partial charge in [-0.3, -0.25) is 4.79 Å². The summed E-state index contributed by atoms with van der Waals surface area (Å²) in [4.78, 5) is 16.0. The number of amides is 1. The van der Waals surface area contributed by atoms with Gasteiger partial charge in [0.2, 0.25) is 5.91 Å². The van der Waals surface area contributed by atoms with E-state index >= 15 is 0 Å². The van der Waals surface area contributed by atoms with E-state index in [1.807, 2.05) is 16.8 Å². The Kier molecular flexibility index (Phi) is 3.84. The number of carbonyl (C=O) groups is 1. The van der Waals surface area contributed by atoms with Crippen molar-refractivity contribution in [1.82, 2.24) is 14.8 Å². The van der Waals surface area contributed by atoms with Crippen molar-refractivity contribution in [2.45, 2.75) is 57.2 Å². The maximum atomic E-state index is 11.3. The van der Waals surface area contributed by atoms with E-state index in [2.05, 4.69) is 29.1 Å². The van der Waals surface area contributed by atoms with E-state index in [-0.39, 0.29) is 18.4 Å². The van der Waals surface area contributed by atoms with E-state index in [1.54, 1.807) is 0 Å². The second kappa shape index (κ2) is 6.02. The van der Waals surface area contributed by atoms with Gasteiger partial charge in [0.05, 0.1) is 24.3 Å². The smallest absolute Gasteiger partial charge is 0.225 e. The normalized spacial score (nSPS) is 25.3. The molecule has 1 aromatic heterocycles. The molecule has 6 nitrogen and oxygen atoms in total. The minimum Gasteiger partial charge on any atom is -0.374 e. The lowest BCUT2D eigenvalue weighted by Gasteiger charge is -2.19. The molecule has 126 valence electrons. The van der Waals surface area contributed by atoms with E-state index in [1.165, 1.54) is 5.56 Å². The monoisotopic (exact) mass is 326 g/mol. The molecule has 2 bridgehead atoms. The third-order valence-corrected chi connectivity index (χ3v) is 5.05. The Labute approximate surface area is 141 Å². The Bertz CT molecular complexity index is 770. The van der Waals surface area contributed by atoms with E-state index in [9.17, 15) is 4.79 Å². The van der Waals surface area contributed by atoms with Crippen LogP contribution in [-0.4, -0.2) is 32.9 Å². The summed E-state index contributed by atoms with van der Waals surface area (Å²) in [5.41, 5.74) is 7.58. The van der Waals surface area contributed by atoms with E-state index in [0.29, 0.717) is 11.9 Å². The summed E-state index contributed by atoms with van der Waals surface area (Å²) >= 11 is 0. The molecule has 0 unspecified atom stereocenters. The van der Waals surface area contributed by atoms with Gasteiger partial charge >= 0.3 is 0 Å². The molecule has 2 aliphatic heterocycles. The molecule has 0 saturated carbocycles. The number of benzene rings is 1. The summed E-state index contributed by atoms with van der Waals surface area (Å²) in [7, 11) is 0. The first-order valence-electron chi connectivity index (χ1n) is 8.63. The molecule has 0 spiro atoms. The molecular formula is C18H22N4O2. The predicted molar refractivity (Wildman–Crippen MR) is 88.9 cm³/mol. The lowest BCUT2D eigenvalue weighted by Crippen LogP contribution is -2.19. The fourth-order valence-corrected chi connectivity index (χ4v) is 3.94. The van der Waals surface area contributed by atoms with E-state index < -0.39 is 5.91 Å². The number of fused-ring (bicyclic) bond motifs is 2. The third kappa shape index (κ3) is 2.60. The highest BCUT2D eigenvalue weighted by Gasteiger charge is 2.44. The molecule has 2 N–H and O–H groups in total. The molecule has 2 fully saturated rings. The van der Waals surface area contributed by atoms with Gasteiger partial charge in [-0.1, -0.05) is 25.1 Å². The van der Waals surface area contributed by atoms with Crippen LogP contribution >= 0.6 is 0 Å². The number of ether oxygens (including phenoxy) is 1. The van der Waals surface area contributed by atoms with Crippen LogP contribution < -0.4 is 5.73 Å². The molecule has 1 aromatic carbocycles. The summed E-state index contributed by atoms with van der Waals surface area (Å²) in [5.74, 6) is 1.22. The van der Waals surface area contributed by atoms with Gasteiger partial charge < -0.3 is 10.5 Å². The Hall–Kier alpha value is -2.21. The van der Waals surface area contributed by atoms with Crippen molar-refractivity contribution in [3.63, 3.8) is 0 Å². The molecule has 3 atom stereocenters. The second-order valence-electron chi connectivity index (χ2n) is 6.64. The number of aromatic nitrogens is 3. The highest BCUT2D eigenvalue weighted by atomic mass is 16.5. The van der Waals surface area contributed by atoms with Crippen LogP contribution in [-0.2, 0) is 22.4 Å². The Balaban J connectivity index is 1.79. The molecule has 4 rings (SSSR count). The van der Waals surface area contributed by atoms with Crippen LogP contribution in [0.5, 0.6) is 0 Å². The number of hydrogen-bond acceptors (Lipinski definition) is 4. The SMILES string of the molecule is CCc1ccccc1-n1nc(CC(N)=O)nc1[C@H]1C[C@@H]2CC[C@H]1O2. The van der Waals surface area contributed by atoms with Crippen molar-refractivity contribution in [2.24, 2.45) is 5.73 Å². The number of nitrogens with two attached hydrogens (primary N) is 1. The zero-order valence-corrected chi connectivity index (χ0v) is 13.8. The fourth-order valence-electron chi connectivity index (χ4n) is 3.94. The zero-order chi connectivity index (χ0) is 16.7. The third-order valence-electron chi connectivity index (χ3n) is 5.05. The van der Waals surface area contributed by atoms with Crippen LogP contribution in [0.1, 0.15) is 49.3 Å². The topological polar surface area (TPSA) is 83.0 Å². The highest BCUT2D eigenvalue weighted by Crippen LogP contribution is 2.44. The molecule has 6 heteroatoms. The van der Waals surface area contributed by atoms with E-state index in [4.69, 9.17) is 10.5 Å². The van der Waals surface area contributed by atoms with Gasteiger partial charge in [0.25, 0.3) is 0 Å². The molecule has 2 aliphatic rings. The number of hydrogen-bond donors (Lipinski definition) is 1. The molecule has 2 saturated heterocycles. The first-order chi connectivity index (χ1) is 11.7. The molecule has 0 aliphatic carbocycles. The fraction of sp³-hybridized carbons (Fsp3) is 0.500. The van der Waals surface area contributed by atoms with Gasteiger partial charge in [-0.2, -0.15) is 5.10 Å². The number of aryl methyl sites for hydroxylation is 1. The maximum absolute atomic E-state index is 11.3. The number of carbonyl (C=O) groups excluding carboxylic acids is 1. The van der Waals surface area contributed by atoms with Crippen molar-refractivity contribution in [3.05, 3.63) is 41.5 Å². The van der Waals surface area contributed by atoms with Crippen molar-refractivity contribution in [1.29, 1.82) is 0 Å². The zero-order valence-electron chi connectivity index (χ0n) is 13.8. The van der Waals surface area contributed by atoms with Gasteiger partial charge in [0.15, 0.2) is 5.82 Å². The standard InChI is InChI=1S/C18H22N4O2/c1-2-11-5-3-4-6-14(11)22-18(20-17(21-22)10-16(19)23)13-9-12-7-8-15(13)24-12/h3-6,12-13,15H,2,7-10H2,1H3,(H2,19,23)/t12-,13-,15+/m0/s1. The Morgan fingerprint density at radius 2 is 2.21 bits per heavy atom. The van der Waals surface area contributed by atoms with Crippen LogP contribution in [0.2, 0.25) is 0 Å². The summed E-state index contributed by atoms with van der Waals surface area (Å²) in [6.45, 7) is 2.13. The number of primary amides is 1. The minimum absolute atomic E-state index is 0.0654. The lowest BCUT2D eigenvalue weighted by atomic mass is 9.88. The van der Waals surface area contributed by atoms with Crippen molar-refractivity contribution < 1.29 is 9.53 Å². The average molecular weight is 326 g/mol. The molecule has 2 aromatic rings. The summed E-state index contributed by atoms with van der Waals surface area (Å²) in [5, 5.41) is 4.61. The van der Waals surface area contributed by atoms with Crippen molar-refractivity contribution >= 4 is 5.91 Å². The van der Waals surface area contributed by atoms with Gasteiger partial charge in [0, 0.05) is 5.92 Å². The molecule has 24 heavy (non-hydrogen) atoms. The number of rotatable bonds is 5. The van der Waals surface area contributed by atoms with Crippen LogP contribution in [0.25, 0.3) is 5.69 Å². The molecule has 3 heterocycles. The maximum Gasteiger partial charge on any atom is 0.225 e. The first-order valence-corrected chi connectivity index (χ1v) is 8.63. The second-order valence-corrected chi connectivity index (χ2v) is 6.64. The molecule has 1 amide bonds. The average Bonchev–Trinajstić information content (AvgIpc) is 3.29. The van der Waals surface area contributed by atoms with Gasteiger partial charge in [-0.25, -0.2) is 9.67 Å². The minimum atomic E-state index is -0.410. The highest BCUT2D eigenvalue weighted by molar-refractivity contribution is 5.75. The van der Waals surface area contributed by atoms with Gasteiger partial charge in [-0.15, -0.1) is 0 Å². The van der Waals surface area contributed by atoms with Crippen LogP contribution in [0.3, 0.4) is 0 Å². The number of nitrogens with zero attached hydrogens (tertiary/aromatic N) is 3. The quantitative estimate of drug-likeness (QED) is 0.909. The van der Waals surface area contributed by atoms with Gasteiger partial charge in [-0.05, 0) is 37.3 Å². The van der Waals surface area contributed by atoms with Crippen molar-refractivity contribution in [3.8, 4) is 5.69 Å². The summed E-state index contributed by atoms with van der Waals surface area (Å²) < 4.78 is 7.91. The van der Waals surface area contributed by atoms with Gasteiger partial charge in [0.1, 0.15) is 5.82 Å². The van der Waals surface area contributed by atoms with E-state index in [0.717, 1.165) is 37.2 Å². The number of para-hydroxylation sites is 1. The molecular weight excluding hydrogens is 304 g/mol. The van der Waals surface area contributed by atoms with Crippen LogP contribution in [0.4, 0.5) is 0 Å². The summed E-state index contributed by atoms with van der Waals surface area (Å²) in [6, 6.07) is 8.19. The largest absolute Gasteiger partial charge is 0.374 e. The van der Waals surface area contributed by atoms with Crippen LogP contribution in [0, 0.1) is 0 Å². The Morgan fingerprint density at radius 1 is 1.38 bits per heavy atom.